The molecular formula is C15H23N3O3S. The summed E-state index contributed by atoms with van der Waals surface area (Å²) in [7, 11) is -2.98. The number of hydrogen-bond donors (Lipinski definition) is 0. The Morgan fingerprint density at radius 1 is 1.27 bits per heavy atom. The monoisotopic (exact) mass is 325 g/mol. The molecule has 7 heteroatoms. The molecule has 0 radical (unpaired) electrons. The minimum Gasteiger partial charge on any atom is -0.341 e. The molecule has 22 heavy (non-hydrogen) atoms. The Morgan fingerprint density at radius 2 is 2.00 bits per heavy atom. The first kappa shape index (κ1) is 15.5. The van der Waals surface area contributed by atoms with Crippen LogP contribution in [0.4, 0.5) is 0 Å². The van der Waals surface area contributed by atoms with Crippen molar-refractivity contribution in [2.45, 2.75) is 45.4 Å². The standard InChI is InChI=1S/C15H23N3O3S/c1-10-11(2)16-18(12(10)3)6-4-15(19)17-8-13-5-7-22(20,21)14(13)9-17/h13-14H,4-9H2,1-3H3/t13-,14+/m0/s1. The highest BCUT2D eigenvalue weighted by atomic mass is 32.2. The van der Waals surface area contributed by atoms with Gasteiger partial charge in [-0.1, -0.05) is 0 Å². The van der Waals surface area contributed by atoms with Crippen molar-refractivity contribution in [3.63, 3.8) is 0 Å². The van der Waals surface area contributed by atoms with Crippen LogP contribution in [0.1, 0.15) is 29.8 Å². The summed E-state index contributed by atoms with van der Waals surface area (Å²) < 4.78 is 25.7. The fourth-order valence-electron chi connectivity index (χ4n) is 3.56. The predicted octanol–water partition coefficient (Wildman–Crippen LogP) is 0.844. The number of likely N-dealkylation sites (tertiary alicyclic amines) is 1. The van der Waals surface area contributed by atoms with Gasteiger partial charge in [-0.2, -0.15) is 5.10 Å². The van der Waals surface area contributed by atoms with Crippen LogP contribution in [-0.2, 0) is 21.2 Å². The molecule has 0 spiro atoms. The van der Waals surface area contributed by atoms with Gasteiger partial charge in [0.25, 0.3) is 0 Å². The van der Waals surface area contributed by atoms with Gasteiger partial charge in [-0.3, -0.25) is 9.48 Å². The molecule has 122 valence electrons. The fourth-order valence-corrected chi connectivity index (χ4v) is 5.71. The van der Waals surface area contributed by atoms with Gasteiger partial charge in [-0.15, -0.1) is 0 Å². The minimum atomic E-state index is -2.98. The van der Waals surface area contributed by atoms with E-state index < -0.39 is 9.84 Å². The van der Waals surface area contributed by atoms with E-state index in [1.807, 2.05) is 25.5 Å². The third kappa shape index (κ3) is 2.55. The Kier molecular flexibility index (Phi) is 3.79. The average Bonchev–Trinajstić information content (AvgIpc) is 3.08. The lowest BCUT2D eigenvalue weighted by molar-refractivity contribution is -0.130. The van der Waals surface area contributed by atoms with Crippen molar-refractivity contribution < 1.29 is 13.2 Å². The number of carbonyl (C=O) groups excluding carboxylic acids is 1. The molecule has 2 atom stereocenters. The van der Waals surface area contributed by atoms with Gasteiger partial charge in [0.15, 0.2) is 9.84 Å². The first-order valence-electron chi connectivity index (χ1n) is 7.79. The van der Waals surface area contributed by atoms with Gasteiger partial charge >= 0.3 is 0 Å². The highest BCUT2D eigenvalue weighted by Crippen LogP contribution is 2.33. The molecule has 1 amide bonds. The van der Waals surface area contributed by atoms with E-state index in [1.165, 1.54) is 0 Å². The average molecular weight is 325 g/mol. The van der Waals surface area contributed by atoms with Crippen LogP contribution in [0.2, 0.25) is 0 Å². The molecule has 1 aromatic heterocycles. The Labute approximate surface area is 131 Å². The summed E-state index contributed by atoms with van der Waals surface area (Å²) in [4.78, 5) is 14.1. The van der Waals surface area contributed by atoms with E-state index in [1.54, 1.807) is 4.90 Å². The molecule has 2 aliphatic rings. The summed E-state index contributed by atoms with van der Waals surface area (Å²) in [5.74, 6) is 0.467. The van der Waals surface area contributed by atoms with Gasteiger partial charge in [0, 0.05) is 31.7 Å². The number of fused-ring (bicyclic) bond motifs is 1. The Balaban J connectivity index is 1.61. The van der Waals surface area contributed by atoms with Crippen LogP contribution in [0, 0.1) is 26.7 Å². The van der Waals surface area contributed by atoms with Gasteiger partial charge < -0.3 is 4.90 Å². The first-order valence-corrected chi connectivity index (χ1v) is 9.51. The maximum absolute atomic E-state index is 12.4. The number of aromatic nitrogens is 2. The van der Waals surface area contributed by atoms with Crippen LogP contribution in [0.25, 0.3) is 0 Å². The lowest BCUT2D eigenvalue weighted by Crippen LogP contribution is -2.32. The summed E-state index contributed by atoms with van der Waals surface area (Å²) >= 11 is 0. The van der Waals surface area contributed by atoms with Crippen molar-refractivity contribution in [2.24, 2.45) is 5.92 Å². The molecule has 6 nitrogen and oxygen atoms in total. The number of sulfone groups is 1. The van der Waals surface area contributed by atoms with E-state index in [2.05, 4.69) is 5.10 Å². The van der Waals surface area contributed by atoms with Crippen LogP contribution in [-0.4, -0.2) is 53.1 Å². The van der Waals surface area contributed by atoms with Gasteiger partial charge in [-0.25, -0.2) is 8.42 Å². The summed E-state index contributed by atoms with van der Waals surface area (Å²) in [6.45, 7) is 7.53. The van der Waals surface area contributed by atoms with E-state index in [4.69, 9.17) is 0 Å². The van der Waals surface area contributed by atoms with Crippen molar-refractivity contribution in [1.29, 1.82) is 0 Å². The predicted molar refractivity (Wildman–Crippen MR) is 83.3 cm³/mol. The molecule has 3 heterocycles. The first-order chi connectivity index (χ1) is 10.3. The molecule has 2 saturated heterocycles. The van der Waals surface area contributed by atoms with Crippen molar-refractivity contribution in [1.82, 2.24) is 14.7 Å². The van der Waals surface area contributed by atoms with Crippen LogP contribution < -0.4 is 0 Å². The summed E-state index contributed by atoms with van der Waals surface area (Å²) in [6, 6.07) is 0. The molecule has 2 fully saturated rings. The topological polar surface area (TPSA) is 72.3 Å². The zero-order valence-corrected chi connectivity index (χ0v) is 14.2. The molecule has 1 aromatic rings. The second-order valence-corrected chi connectivity index (χ2v) is 8.86. The third-order valence-electron chi connectivity index (χ3n) is 5.25. The quantitative estimate of drug-likeness (QED) is 0.826. The van der Waals surface area contributed by atoms with E-state index in [0.717, 1.165) is 17.0 Å². The molecule has 0 unspecified atom stereocenters. The number of carbonyl (C=O) groups is 1. The van der Waals surface area contributed by atoms with Crippen molar-refractivity contribution in [3.05, 3.63) is 17.0 Å². The second-order valence-electron chi connectivity index (χ2n) is 6.52. The summed E-state index contributed by atoms with van der Waals surface area (Å²) in [5.41, 5.74) is 3.24. The van der Waals surface area contributed by atoms with Crippen molar-refractivity contribution in [3.8, 4) is 0 Å². The Hall–Kier alpha value is -1.37. The number of nitrogens with zero attached hydrogens (tertiary/aromatic N) is 3. The normalized spacial score (nSPS) is 26.4. The van der Waals surface area contributed by atoms with Gasteiger partial charge in [-0.05, 0) is 38.7 Å². The number of aryl methyl sites for hydroxylation is 2. The molecule has 0 N–H and O–H groups in total. The largest absolute Gasteiger partial charge is 0.341 e. The zero-order valence-electron chi connectivity index (χ0n) is 13.4. The second kappa shape index (κ2) is 5.37. The molecule has 0 aliphatic carbocycles. The SMILES string of the molecule is Cc1nn(CCC(=O)N2C[C@@H]3CCS(=O)(=O)[C@@H]3C2)c(C)c1C. The lowest BCUT2D eigenvalue weighted by Gasteiger charge is -2.17. The van der Waals surface area contributed by atoms with Gasteiger partial charge in [0.05, 0.1) is 16.7 Å². The van der Waals surface area contributed by atoms with Crippen LogP contribution in [0.3, 0.4) is 0 Å². The van der Waals surface area contributed by atoms with Gasteiger partial charge in [0.2, 0.25) is 5.91 Å². The lowest BCUT2D eigenvalue weighted by atomic mass is 10.1. The summed E-state index contributed by atoms with van der Waals surface area (Å²) in [5, 5.41) is 4.11. The van der Waals surface area contributed by atoms with E-state index in [-0.39, 0.29) is 22.8 Å². The number of hydrogen-bond acceptors (Lipinski definition) is 4. The minimum absolute atomic E-state index is 0.0369. The maximum atomic E-state index is 12.4. The fraction of sp³-hybridized carbons (Fsp3) is 0.733. The molecule has 2 aliphatic heterocycles. The Bertz CT molecular complexity index is 708. The van der Waals surface area contributed by atoms with E-state index in [0.29, 0.717) is 32.5 Å². The third-order valence-corrected chi connectivity index (χ3v) is 7.51. The van der Waals surface area contributed by atoms with Crippen LogP contribution >= 0.6 is 0 Å². The van der Waals surface area contributed by atoms with Crippen molar-refractivity contribution in [2.75, 3.05) is 18.8 Å². The van der Waals surface area contributed by atoms with Crippen LogP contribution in [0.15, 0.2) is 0 Å². The number of rotatable bonds is 3. The van der Waals surface area contributed by atoms with Gasteiger partial charge in [0.1, 0.15) is 0 Å². The zero-order chi connectivity index (χ0) is 16.1. The smallest absolute Gasteiger partial charge is 0.224 e. The highest BCUT2D eigenvalue weighted by Gasteiger charge is 2.47. The van der Waals surface area contributed by atoms with E-state index in [9.17, 15) is 13.2 Å². The number of amides is 1. The highest BCUT2D eigenvalue weighted by molar-refractivity contribution is 7.92. The molecule has 0 saturated carbocycles. The maximum Gasteiger partial charge on any atom is 0.224 e. The van der Waals surface area contributed by atoms with E-state index >= 15 is 0 Å². The van der Waals surface area contributed by atoms with Crippen molar-refractivity contribution >= 4 is 15.7 Å². The molecular weight excluding hydrogens is 302 g/mol. The summed E-state index contributed by atoms with van der Waals surface area (Å²) in [6.07, 6.45) is 1.08. The molecule has 0 bridgehead atoms. The molecule has 0 aromatic carbocycles. The van der Waals surface area contributed by atoms with Crippen LogP contribution in [0.5, 0.6) is 0 Å². The Morgan fingerprint density at radius 3 is 2.59 bits per heavy atom. The molecule has 3 rings (SSSR count).